The van der Waals surface area contributed by atoms with E-state index in [1.54, 1.807) is 14.0 Å². The summed E-state index contributed by atoms with van der Waals surface area (Å²) in [6, 6.07) is 11.6. The molecule has 2 unspecified atom stereocenters. The highest BCUT2D eigenvalue weighted by atomic mass is 19.1. The number of esters is 1. The Labute approximate surface area is 181 Å². The topological polar surface area (TPSA) is 84.9 Å². The molecule has 2 atom stereocenters. The van der Waals surface area contributed by atoms with Crippen LogP contribution in [0.5, 0.6) is 5.75 Å². The number of carbonyl (C=O) groups excluding carboxylic acids is 3. The molecule has 2 amide bonds. The maximum absolute atomic E-state index is 13.2. The molecule has 0 aliphatic rings. The first-order chi connectivity index (χ1) is 14.9. The molecule has 2 aromatic carbocycles. The van der Waals surface area contributed by atoms with Crippen molar-refractivity contribution < 1.29 is 28.2 Å². The van der Waals surface area contributed by atoms with Crippen LogP contribution in [0, 0.1) is 11.7 Å². The van der Waals surface area contributed by atoms with E-state index in [1.807, 2.05) is 24.3 Å². The number of nitrogens with one attached hydrogen (secondary N) is 1. The first kappa shape index (κ1) is 23.9. The van der Waals surface area contributed by atoms with Crippen LogP contribution in [-0.4, -0.2) is 45.1 Å². The van der Waals surface area contributed by atoms with Crippen LogP contribution in [0.1, 0.15) is 18.9 Å². The van der Waals surface area contributed by atoms with Crippen LogP contribution >= 0.6 is 0 Å². The van der Waals surface area contributed by atoms with Crippen LogP contribution in [0.25, 0.3) is 0 Å². The van der Waals surface area contributed by atoms with Gasteiger partial charge in [0.05, 0.1) is 19.6 Å². The van der Waals surface area contributed by atoms with Crippen molar-refractivity contribution >= 4 is 24.0 Å². The van der Waals surface area contributed by atoms with Crippen molar-refractivity contribution in [1.29, 1.82) is 0 Å². The Kier molecular flexibility index (Phi) is 8.99. The summed E-state index contributed by atoms with van der Waals surface area (Å²) in [5, 5.41) is 2.47. The summed E-state index contributed by atoms with van der Waals surface area (Å²) in [5.41, 5.74) is 1.29. The summed E-state index contributed by atoms with van der Waals surface area (Å²) in [6.45, 7) is 1.81. The van der Waals surface area contributed by atoms with Crippen molar-refractivity contribution in [3.63, 3.8) is 0 Å². The predicted molar refractivity (Wildman–Crippen MR) is 114 cm³/mol. The number of hydrogen-bond acceptors (Lipinski definition) is 5. The Morgan fingerprint density at radius 1 is 1.16 bits per heavy atom. The number of aryl methyl sites for hydroxylation is 1. The summed E-state index contributed by atoms with van der Waals surface area (Å²) in [5.74, 6) is -1.80. The molecule has 31 heavy (non-hydrogen) atoms. The smallest absolute Gasteiger partial charge is 0.311 e. The molecule has 0 aliphatic carbocycles. The van der Waals surface area contributed by atoms with Crippen LogP contribution in [0.4, 0.5) is 10.1 Å². The number of ether oxygens (including phenoxy) is 2. The van der Waals surface area contributed by atoms with E-state index in [-0.39, 0.29) is 13.0 Å². The van der Waals surface area contributed by atoms with Crippen molar-refractivity contribution in [2.75, 3.05) is 25.7 Å². The van der Waals surface area contributed by atoms with Gasteiger partial charge in [-0.25, -0.2) is 4.39 Å². The Morgan fingerprint density at radius 3 is 2.45 bits per heavy atom. The van der Waals surface area contributed by atoms with Crippen LogP contribution in [-0.2, 0) is 25.5 Å². The summed E-state index contributed by atoms with van der Waals surface area (Å²) in [6.07, 6.45) is 1.06. The molecule has 0 aliphatic heterocycles. The minimum absolute atomic E-state index is 0.139. The van der Waals surface area contributed by atoms with Gasteiger partial charge in [0.25, 0.3) is 0 Å². The molecule has 0 aromatic heterocycles. The maximum atomic E-state index is 13.2. The molecule has 0 fully saturated rings. The van der Waals surface area contributed by atoms with E-state index >= 15 is 0 Å². The fraction of sp³-hybridized carbons (Fsp3) is 0.348. The number of halogens is 1. The predicted octanol–water partition coefficient (Wildman–Crippen LogP) is 2.72. The molecule has 166 valence electrons. The first-order valence-electron chi connectivity index (χ1n) is 9.94. The molecule has 7 nitrogen and oxygen atoms in total. The van der Waals surface area contributed by atoms with E-state index in [0.29, 0.717) is 24.3 Å². The molecule has 0 saturated carbocycles. The second-order valence-electron chi connectivity index (χ2n) is 6.84. The van der Waals surface area contributed by atoms with Gasteiger partial charge in [-0.05, 0) is 55.7 Å². The lowest BCUT2D eigenvalue weighted by Gasteiger charge is -2.28. The number of rotatable bonds is 11. The van der Waals surface area contributed by atoms with E-state index in [4.69, 9.17) is 9.47 Å². The minimum atomic E-state index is -1.15. The number of likely N-dealkylation sites (N-methyl/N-ethyl adjacent to an activating group) is 1. The summed E-state index contributed by atoms with van der Waals surface area (Å²) >= 11 is 0. The largest absolute Gasteiger partial charge is 0.496 e. The minimum Gasteiger partial charge on any atom is -0.496 e. The van der Waals surface area contributed by atoms with Crippen LogP contribution < -0.4 is 15.0 Å². The van der Waals surface area contributed by atoms with E-state index < -0.39 is 29.7 Å². The molecule has 2 rings (SSSR count). The standard InChI is InChI=1S/C23H27FN2O5/c1-4-31-23(29)19(14-9-16-7-5-6-8-20(16)30-3)21(25-15-27)22(28)26(2)18-12-10-17(24)11-13-18/h5-8,10-13,15,19,21H,4,9,14H2,1-3H3,(H,25,27). The fourth-order valence-electron chi connectivity index (χ4n) is 3.32. The Bertz CT molecular complexity index is 888. The van der Waals surface area contributed by atoms with Crippen molar-refractivity contribution in [2.45, 2.75) is 25.8 Å². The summed E-state index contributed by atoms with van der Waals surface area (Å²) in [4.78, 5) is 38.4. The van der Waals surface area contributed by atoms with Crippen LogP contribution in [0.3, 0.4) is 0 Å². The lowest BCUT2D eigenvalue weighted by atomic mass is 9.91. The maximum Gasteiger partial charge on any atom is 0.311 e. The second kappa shape index (κ2) is 11.7. The number of anilines is 1. The normalized spacial score (nSPS) is 12.4. The summed E-state index contributed by atoms with van der Waals surface area (Å²) < 4.78 is 23.8. The number of benzene rings is 2. The average molecular weight is 430 g/mol. The average Bonchev–Trinajstić information content (AvgIpc) is 2.78. The molecule has 0 radical (unpaired) electrons. The zero-order valence-corrected chi connectivity index (χ0v) is 17.8. The number of nitrogens with zero attached hydrogens (tertiary/aromatic N) is 1. The van der Waals surface area contributed by atoms with Gasteiger partial charge in [0.2, 0.25) is 12.3 Å². The molecule has 0 bridgehead atoms. The number of carbonyl (C=O) groups is 3. The van der Waals surface area contributed by atoms with Gasteiger partial charge in [0.15, 0.2) is 0 Å². The van der Waals surface area contributed by atoms with Gasteiger partial charge in [0, 0.05) is 12.7 Å². The zero-order chi connectivity index (χ0) is 22.8. The van der Waals surface area contributed by atoms with E-state index in [2.05, 4.69) is 5.32 Å². The zero-order valence-electron chi connectivity index (χ0n) is 17.8. The van der Waals surface area contributed by atoms with Crippen molar-refractivity contribution in [3.05, 3.63) is 59.9 Å². The Balaban J connectivity index is 2.30. The molecule has 8 heteroatoms. The Hall–Kier alpha value is -3.42. The monoisotopic (exact) mass is 430 g/mol. The molecule has 1 N–H and O–H groups in total. The molecule has 0 spiro atoms. The van der Waals surface area contributed by atoms with Gasteiger partial charge in [-0.15, -0.1) is 0 Å². The van der Waals surface area contributed by atoms with Crippen molar-refractivity contribution in [2.24, 2.45) is 5.92 Å². The molecule has 0 saturated heterocycles. The number of amides is 2. The van der Waals surface area contributed by atoms with Crippen molar-refractivity contribution in [1.82, 2.24) is 5.32 Å². The quantitative estimate of drug-likeness (QED) is 0.438. The number of methoxy groups -OCH3 is 1. The van der Waals surface area contributed by atoms with Gasteiger partial charge in [-0.3, -0.25) is 14.4 Å². The van der Waals surface area contributed by atoms with Crippen LogP contribution in [0.2, 0.25) is 0 Å². The SMILES string of the molecule is CCOC(=O)C(CCc1ccccc1OC)C(NC=O)C(=O)N(C)c1ccc(F)cc1. The fourth-order valence-corrected chi connectivity index (χ4v) is 3.32. The lowest BCUT2D eigenvalue weighted by molar-refractivity contribution is -0.151. The highest BCUT2D eigenvalue weighted by molar-refractivity contribution is 6.00. The molecular formula is C23H27FN2O5. The number of para-hydroxylation sites is 1. The van der Waals surface area contributed by atoms with Crippen LogP contribution in [0.15, 0.2) is 48.5 Å². The van der Waals surface area contributed by atoms with Gasteiger partial charge < -0.3 is 19.7 Å². The third kappa shape index (κ3) is 6.28. The molecule has 2 aromatic rings. The third-order valence-electron chi connectivity index (χ3n) is 4.97. The first-order valence-corrected chi connectivity index (χ1v) is 9.94. The molecule has 0 heterocycles. The van der Waals surface area contributed by atoms with E-state index in [1.165, 1.54) is 36.2 Å². The lowest BCUT2D eigenvalue weighted by Crippen LogP contribution is -2.51. The third-order valence-corrected chi connectivity index (χ3v) is 4.97. The van der Waals surface area contributed by atoms with Crippen molar-refractivity contribution in [3.8, 4) is 5.75 Å². The van der Waals surface area contributed by atoms with Gasteiger partial charge in [-0.1, -0.05) is 18.2 Å². The Morgan fingerprint density at radius 2 is 1.84 bits per heavy atom. The van der Waals surface area contributed by atoms with Gasteiger partial charge >= 0.3 is 5.97 Å². The highest BCUT2D eigenvalue weighted by Gasteiger charge is 2.36. The molecular weight excluding hydrogens is 403 g/mol. The highest BCUT2D eigenvalue weighted by Crippen LogP contribution is 2.24. The van der Waals surface area contributed by atoms with E-state index in [0.717, 1.165) is 5.56 Å². The second-order valence-corrected chi connectivity index (χ2v) is 6.84. The van der Waals surface area contributed by atoms with E-state index in [9.17, 15) is 18.8 Å². The number of hydrogen-bond donors (Lipinski definition) is 1. The van der Waals surface area contributed by atoms with Gasteiger partial charge in [0.1, 0.15) is 17.6 Å². The summed E-state index contributed by atoms with van der Waals surface area (Å²) in [7, 11) is 3.05. The van der Waals surface area contributed by atoms with Gasteiger partial charge in [-0.2, -0.15) is 0 Å².